The summed E-state index contributed by atoms with van der Waals surface area (Å²) in [6.45, 7) is 2.30. The van der Waals surface area contributed by atoms with Crippen LogP contribution in [0.4, 0.5) is 0 Å². The van der Waals surface area contributed by atoms with E-state index in [-0.39, 0.29) is 38.7 Å². The van der Waals surface area contributed by atoms with Crippen molar-refractivity contribution in [2.45, 2.75) is 112 Å². The summed E-state index contributed by atoms with van der Waals surface area (Å²) in [4.78, 5) is 12.7. The lowest BCUT2D eigenvalue weighted by Crippen LogP contribution is -2.69. The van der Waals surface area contributed by atoms with Crippen LogP contribution >= 0.6 is 0 Å². The maximum Gasteiger partial charge on any atom is 0.249 e. The summed E-state index contributed by atoms with van der Waals surface area (Å²) in [5.41, 5.74) is 16.8. The van der Waals surface area contributed by atoms with Crippen LogP contribution in [-0.2, 0) is 23.7 Å². The minimum absolute atomic E-state index is 0.0103. The molecule has 1 unspecified atom stereocenters. The molecule has 0 aromatic carbocycles. The first-order chi connectivity index (χ1) is 19.4. The Morgan fingerprint density at radius 1 is 1.12 bits per heavy atom. The second kappa shape index (κ2) is 15.6. The number of nitrogens with one attached hydrogen (secondary N) is 3. The zero-order chi connectivity index (χ0) is 30.3. The molecule has 13 atom stereocenters. The van der Waals surface area contributed by atoms with Gasteiger partial charge in [0.15, 0.2) is 12.6 Å². The fourth-order valence-electron chi connectivity index (χ4n) is 5.68. The van der Waals surface area contributed by atoms with Crippen molar-refractivity contribution in [3.63, 3.8) is 0 Å². The second-order valence-corrected chi connectivity index (χ2v) is 11.4. The molecule has 14 N–H and O–H groups in total. The van der Waals surface area contributed by atoms with Gasteiger partial charge in [0.1, 0.15) is 36.1 Å². The average Bonchev–Trinajstić information content (AvgIpc) is 2.91. The third-order valence-corrected chi connectivity index (χ3v) is 7.97. The Bertz CT molecular complexity index is 815. The SMILES string of the molecule is CNC1[C@@H](O)[C@@H](O[C@@H]2[C@@H](O)[C@H](O[C@H]3O[C@H](CNCCO)CC[C@H]3N)[C@@H](N)C[C@H]2NC(=O)[C@@H](O)CCN)OC[C@]1(C)O. The van der Waals surface area contributed by atoms with Crippen LogP contribution in [0.15, 0.2) is 0 Å². The third-order valence-electron chi connectivity index (χ3n) is 7.97. The van der Waals surface area contributed by atoms with Gasteiger partial charge in [0.25, 0.3) is 0 Å². The summed E-state index contributed by atoms with van der Waals surface area (Å²) in [7, 11) is 1.57. The van der Waals surface area contributed by atoms with Crippen LogP contribution in [0, 0.1) is 0 Å². The van der Waals surface area contributed by atoms with E-state index in [1.54, 1.807) is 7.05 Å². The molecule has 3 rings (SSSR count). The number of rotatable bonds is 13. The molecule has 16 heteroatoms. The van der Waals surface area contributed by atoms with E-state index in [0.717, 1.165) is 0 Å². The summed E-state index contributed by atoms with van der Waals surface area (Å²) >= 11 is 0. The number of aliphatic hydroxyl groups excluding tert-OH is 4. The largest absolute Gasteiger partial charge is 0.395 e. The molecule has 2 aliphatic heterocycles. The smallest absolute Gasteiger partial charge is 0.249 e. The van der Waals surface area contributed by atoms with E-state index in [4.69, 9.17) is 41.3 Å². The van der Waals surface area contributed by atoms with Crippen molar-refractivity contribution in [2.24, 2.45) is 17.2 Å². The summed E-state index contributed by atoms with van der Waals surface area (Å²) in [5, 5.41) is 60.9. The lowest BCUT2D eigenvalue weighted by molar-refractivity contribution is -0.307. The van der Waals surface area contributed by atoms with E-state index in [0.29, 0.717) is 25.9 Å². The number of hydrogen-bond donors (Lipinski definition) is 11. The maximum absolute atomic E-state index is 12.7. The van der Waals surface area contributed by atoms with E-state index >= 15 is 0 Å². The van der Waals surface area contributed by atoms with Gasteiger partial charge in [-0.1, -0.05) is 0 Å². The van der Waals surface area contributed by atoms with Gasteiger partial charge in [0, 0.05) is 19.1 Å². The minimum atomic E-state index is -1.44. The van der Waals surface area contributed by atoms with Crippen LogP contribution in [0.2, 0.25) is 0 Å². The molecule has 41 heavy (non-hydrogen) atoms. The van der Waals surface area contributed by atoms with Crippen molar-refractivity contribution in [2.75, 3.05) is 39.9 Å². The lowest BCUT2D eigenvalue weighted by atomic mass is 9.83. The van der Waals surface area contributed by atoms with E-state index in [1.807, 2.05) is 0 Å². The van der Waals surface area contributed by atoms with Gasteiger partial charge >= 0.3 is 0 Å². The average molecular weight is 595 g/mol. The second-order valence-electron chi connectivity index (χ2n) is 11.4. The molecule has 240 valence electrons. The fraction of sp³-hybridized carbons (Fsp3) is 0.960. The van der Waals surface area contributed by atoms with Gasteiger partial charge in [-0.05, 0) is 46.2 Å². The summed E-state index contributed by atoms with van der Waals surface area (Å²) in [6, 6.07) is -3.01. The van der Waals surface area contributed by atoms with E-state index in [1.165, 1.54) is 6.92 Å². The summed E-state index contributed by atoms with van der Waals surface area (Å²) < 4.78 is 23.9. The molecule has 0 aromatic rings. The molecule has 0 bridgehead atoms. The molecule has 0 aromatic heterocycles. The van der Waals surface area contributed by atoms with E-state index < -0.39 is 78.8 Å². The molecule has 1 aliphatic carbocycles. The van der Waals surface area contributed by atoms with Gasteiger partial charge in [0.2, 0.25) is 5.91 Å². The van der Waals surface area contributed by atoms with Crippen molar-refractivity contribution >= 4 is 5.91 Å². The standard InChI is InChI=1S/C25H50N6O10/c1-25(37)11-38-24(18(35)21(25)29-2)41-20-15(31-22(36)16(33)5-6-26)9-14(28)19(17(20)34)40-23-13(27)4-3-12(39-23)10-30-7-8-32/h12-21,23-24,29-30,32-35,37H,3-11,26-28H2,1-2H3,(H,31,36)/t12-,13+,14-,15+,16-,17-,18+,19+,20-,21?,23+,24+,25-/m0/s1. The minimum Gasteiger partial charge on any atom is -0.395 e. The Morgan fingerprint density at radius 3 is 2.49 bits per heavy atom. The molecular formula is C25H50N6O10. The molecule has 2 heterocycles. The van der Waals surface area contributed by atoms with Crippen molar-refractivity contribution in [3.05, 3.63) is 0 Å². The highest BCUT2D eigenvalue weighted by Crippen LogP contribution is 2.32. The molecule has 0 radical (unpaired) electrons. The number of carbonyl (C=O) groups excluding carboxylic acids is 1. The highest BCUT2D eigenvalue weighted by molar-refractivity contribution is 5.80. The molecule has 1 amide bonds. The number of nitrogens with two attached hydrogens (primary N) is 3. The van der Waals surface area contributed by atoms with Crippen molar-refractivity contribution in [1.29, 1.82) is 0 Å². The van der Waals surface area contributed by atoms with Crippen molar-refractivity contribution < 1.29 is 49.3 Å². The van der Waals surface area contributed by atoms with Gasteiger partial charge in [-0.15, -0.1) is 0 Å². The number of hydrogen-bond acceptors (Lipinski definition) is 15. The first-order valence-electron chi connectivity index (χ1n) is 14.3. The number of ether oxygens (including phenoxy) is 4. The van der Waals surface area contributed by atoms with E-state index in [9.17, 15) is 25.2 Å². The van der Waals surface area contributed by atoms with Crippen LogP contribution in [0.3, 0.4) is 0 Å². The lowest BCUT2D eigenvalue weighted by Gasteiger charge is -2.49. The van der Waals surface area contributed by atoms with Gasteiger partial charge in [0.05, 0.1) is 37.4 Å². The quantitative estimate of drug-likeness (QED) is 0.0888. The Morgan fingerprint density at radius 2 is 1.83 bits per heavy atom. The van der Waals surface area contributed by atoms with Crippen molar-refractivity contribution in [3.8, 4) is 0 Å². The third kappa shape index (κ3) is 8.73. The Kier molecular flexibility index (Phi) is 13.1. The zero-order valence-electron chi connectivity index (χ0n) is 23.8. The van der Waals surface area contributed by atoms with Crippen molar-refractivity contribution in [1.82, 2.24) is 16.0 Å². The van der Waals surface area contributed by atoms with Crippen LogP contribution in [0.1, 0.15) is 32.6 Å². The highest BCUT2D eigenvalue weighted by atomic mass is 16.7. The van der Waals surface area contributed by atoms with Crippen LogP contribution < -0.4 is 33.2 Å². The predicted octanol–water partition coefficient (Wildman–Crippen LogP) is -5.49. The Balaban J connectivity index is 1.78. The predicted molar refractivity (Wildman–Crippen MR) is 145 cm³/mol. The van der Waals surface area contributed by atoms with E-state index in [2.05, 4.69) is 16.0 Å². The Labute approximate surface area is 240 Å². The number of likely N-dealkylation sites (N-methyl/N-ethyl adjacent to an activating group) is 1. The topological polar surface area (TPSA) is 269 Å². The summed E-state index contributed by atoms with van der Waals surface area (Å²) in [5.74, 6) is -0.718. The monoisotopic (exact) mass is 594 g/mol. The fourth-order valence-corrected chi connectivity index (χ4v) is 5.68. The molecular weight excluding hydrogens is 544 g/mol. The highest BCUT2D eigenvalue weighted by Gasteiger charge is 2.52. The zero-order valence-corrected chi connectivity index (χ0v) is 23.8. The van der Waals surface area contributed by atoms with Gasteiger partial charge in [-0.3, -0.25) is 4.79 Å². The van der Waals surface area contributed by atoms with Crippen LogP contribution in [-0.4, -0.2) is 150 Å². The number of aliphatic hydroxyl groups is 5. The first kappa shape index (κ1) is 34.4. The van der Waals surface area contributed by atoms with Gasteiger partial charge in [-0.25, -0.2) is 0 Å². The van der Waals surface area contributed by atoms with Crippen LogP contribution in [0.25, 0.3) is 0 Å². The number of carbonyl (C=O) groups is 1. The summed E-state index contributed by atoms with van der Waals surface area (Å²) in [6.07, 6.45) is -7.43. The molecule has 2 saturated heterocycles. The molecule has 16 nitrogen and oxygen atoms in total. The Hall–Kier alpha value is -1.09. The molecule has 0 spiro atoms. The molecule has 3 aliphatic rings. The van der Waals surface area contributed by atoms with Crippen LogP contribution in [0.5, 0.6) is 0 Å². The first-order valence-corrected chi connectivity index (χ1v) is 14.3. The molecule has 3 fully saturated rings. The number of amides is 1. The maximum atomic E-state index is 12.7. The molecule has 1 saturated carbocycles. The normalized spacial score (nSPS) is 42.5. The van der Waals surface area contributed by atoms with Gasteiger partial charge in [-0.2, -0.15) is 0 Å². The van der Waals surface area contributed by atoms with Gasteiger partial charge < -0.3 is 77.6 Å².